The minimum atomic E-state index is -0.432. The molecule has 24 heavy (non-hydrogen) atoms. The summed E-state index contributed by atoms with van der Waals surface area (Å²) in [5, 5.41) is 10.6. The van der Waals surface area contributed by atoms with Gasteiger partial charge >= 0.3 is 0 Å². The van der Waals surface area contributed by atoms with Gasteiger partial charge in [-0.1, -0.05) is 13.8 Å². The number of aliphatic hydroxyl groups is 1. The predicted molar refractivity (Wildman–Crippen MR) is 96.5 cm³/mol. The molecule has 0 heterocycles. The first kappa shape index (κ1) is 17.1. The zero-order valence-electron chi connectivity index (χ0n) is 16.1. The van der Waals surface area contributed by atoms with Gasteiger partial charge in [0, 0.05) is 5.92 Å². The van der Waals surface area contributed by atoms with Crippen molar-refractivity contribution in [1.29, 1.82) is 0 Å². The van der Waals surface area contributed by atoms with Crippen molar-refractivity contribution in [2.75, 3.05) is 0 Å². The lowest BCUT2D eigenvalue weighted by Gasteiger charge is -2.58. The van der Waals surface area contributed by atoms with E-state index in [1.807, 2.05) is 13.8 Å². The normalized spacial score (nSPS) is 57.0. The second kappa shape index (κ2) is 5.56. The molecular formula is C22H36O2. The van der Waals surface area contributed by atoms with Crippen molar-refractivity contribution in [3.05, 3.63) is 0 Å². The van der Waals surface area contributed by atoms with Crippen molar-refractivity contribution in [3.63, 3.8) is 0 Å². The molecule has 4 aliphatic rings. The summed E-state index contributed by atoms with van der Waals surface area (Å²) in [6.45, 7) is 8.76. The number of hydrogen-bond acceptors (Lipinski definition) is 2. The fraction of sp³-hybridized carbons (Fsp3) is 0.955. The van der Waals surface area contributed by atoms with Gasteiger partial charge in [-0.05, 0) is 106 Å². The van der Waals surface area contributed by atoms with Gasteiger partial charge in [0.05, 0.1) is 5.60 Å². The van der Waals surface area contributed by atoms with Crippen LogP contribution in [0.5, 0.6) is 0 Å². The Balaban J connectivity index is 1.60. The minimum Gasteiger partial charge on any atom is -0.390 e. The van der Waals surface area contributed by atoms with Crippen LogP contribution in [0.2, 0.25) is 0 Å². The largest absolute Gasteiger partial charge is 0.390 e. The summed E-state index contributed by atoms with van der Waals surface area (Å²) in [6, 6.07) is 0. The number of rotatable bonds is 1. The lowest BCUT2D eigenvalue weighted by atomic mass is 9.47. The van der Waals surface area contributed by atoms with E-state index in [-0.39, 0.29) is 5.41 Å². The smallest absolute Gasteiger partial charge is 0.133 e. The minimum absolute atomic E-state index is 0.277. The molecule has 4 aliphatic carbocycles. The highest BCUT2D eigenvalue weighted by Crippen LogP contribution is 2.65. The highest BCUT2D eigenvalue weighted by Gasteiger charge is 2.59. The lowest BCUT2D eigenvalue weighted by molar-refractivity contribution is -0.134. The van der Waals surface area contributed by atoms with Crippen LogP contribution in [-0.2, 0) is 4.79 Å². The van der Waals surface area contributed by atoms with Gasteiger partial charge in [-0.3, -0.25) is 4.79 Å². The molecule has 1 N–H and O–H groups in total. The maximum atomic E-state index is 12.2. The summed E-state index contributed by atoms with van der Waals surface area (Å²) in [5.74, 6) is 5.54. The standard InChI is InChI=1S/C22H36O2/c1-13-11-17-15(16-7-9-21(3,24)12-18(13)16)8-10-22(4)19(14(2)23)5-6-20(17)22/h13,15-20,24H,5-12H2,1-4H3/t13?,15-,16-,17-,18+,19-,20+,21+,22-/m1/s1. The molecule has 0 spiro atoms. The monoisotopic (exact) mass is 332 g/mol. The average Bonchev–Trinajstić information content (AvgIpc) is 2.85. The van der Waals surface area contributed by atoms with E-state index in [0.29, 0.717) is 11.7 Å². The van der Waals surface area contributed by atoms with E-state index in [4.69, 9.17) is 0 Å². The van der Waals surface area contributed by atoms with E-state index in [2.05, 4.69) is 13.8 Å². The van der Waals surface area contributed by atoms with Crippen molar-refractivity contribution in [1.82, 2.24) is 0 Å². The SMILES string of the molecule is CC(=O)[C@H]1CC[C@H]2[C@@H]3CC(C)[C@@H]4C[C@@](C)(O)CC[C@@H]4[C@H]3CC[C@]12C. The first-order chi connectivity index (χ1) is 11.2. The summed E-state index contributed by atoms with van der Waals surface area (Å²) in [4.78, 5) is 12.2. The van der Waals surface area contributed by atoms with Gasteiger partial charge in [0.2, 0.25) is 0 Å². The van der Waals surface area contributed by atoms with Crippen LogP contribution in [0.15, 0.2) is 0 Å². The number of Topliss-reactive ketones (excluding diaryl/α,β-unsaturated/α-hetero) is 1. The third kappa shape index (κ3) is 2.42. The van der Waals surface area contributed by atoms with Gasteiger partial charge in [-0.2, -0.15) is 0 Å². The van der Waals surface area contributed by atoms with Crippen LogP contribution < -0.4 is 0 Å². The molecule has 2 nitrogen and oxygen atoms in total. The fourth-order valence-corrected chi connectivity index (χ4v) is 8.07. The molecule has 136 valence electrons. The third-order valence-electron chi connectivity index (χ3n) is 9.15. The summed E-state index contributed by atoms with van der Waals surface area (Å²) in [7, 11) is 0. The molecule has 4 saturated carbocycles. The molecule has 0 aliphatic heterocycles. The first-order valence-corrected chi connectivity index (χ1v) is 10.5. The molecule has 2 heteroatoms. The molecule has 0 aromatic rings. The fourth-order valence-electron chi connectivity index (χ4n) is 8.07. The summed E-state index contributed by atoms with van der Waals surface area (Å²) >= 11 is 0. The molecular weight excluding hydrogens is 296 g/mol. The maximum absolute atomic E-state index is 12.2. The van der Waals surface area contributed by atoms with Crippen molar-refractivity contribution in [2.24, 2.45) is 46.8 Å². The molecule has 4 fully saturated rings. The van der Waals surface area contributed by atoms with Gasteiger partial charge in [-0.15, -0.1) is 0 Å². The number of carbonyl (C=O) groups excluding carboxylic acids is 1. The van der Waals surface area contributed by atoms with Crippen LogP contribution in [0.3, 0.4) is 0 Å². The summed E-state index contributed by atoms with van der Waals surface area (Å²) in [5.41, 5.74) is -0.155. The number of fused-ring (bicyclic) bond motifs is 5. The number of hydrogen-bond donors (Lipinski definition) is 1. The second-order valence-electron chi connectivity index (χ2n) is 10.5. The van der Waals surface area contributed by atoms with Crippen LogP contribution in [0.25, 0.3) is 0 Å². The van der Waals surface area contributed by atoms with E-state index >= 15 is 0 Å². The van der Waals surface area contributed by atoms with E-state index in [9.17, 15) is 9.90 Å². The molecule has 9 atom stereocenters. The van der Waals surface area contributed by atoms with Gasteiger partial charge in [0.15, 0.2) is 0 Å². The van der Waals surface area contributed by atoms with E-state index in [0.717, 1.165) is 54.8 Å². The third-order valence-corrected chi connectivity index (χ3v) is 9.15. The Morgan fingerprint density at radius 3 is 2.33 bits per heavy atom. The molecule has 0 bridgehead atoms. The van der Waals surface area contributed by atoms with Crippen LogP contribution in [-0.4, -0.2) is 16.5 Å². The van der Waals surface area contributed by atoms with Crippen molar-refractivity contribution in [3.8, 4) is 0 Å². The summed E-state index contributed by atoms with van der Waals surface area (Å²) in [6.07, 6.45) is 9.58. The zero-order valence-corrected chi connectivity index (χ0v) is 16.1. The second-order valence-corrected chi connectivity index (χ2v) is 10.5. The highest BCUT2D eigenvalue weighted by molar-refractivity contribution is 5.79. The quantitative estimate of drug-likeness (QED) is 0.746. The van der Waals surface area contributed by atoms with Gasteiger partial charge in [0.25, 0.3) is 0 Å². The van der Waals surface area contributed by atoms with Crippen molar-refractivity contribution in [2.45, 2.75) is 84.7 Å². The molecule has 1 unspecified atom stereocenters. The Morgan fingerprint density at radius 1 is 0.958 bits per heavy atom. The zero-order chi connectivity index (χ0) is 17.3. The lowest BCUT2D eigenvalue weighted by Crippen LogP contribution is -2.53. The topological polar surface area (TPSA) is 37.3 Å². The average molecular weight is 333 g/mol. The van der Waals surface area contributed by atoms with E-state index in [1.165, 1.54) is 32.1 Å². The maximum Gasteiger partial charge on any atom is 0.133 e. The molecule has 4 rings (SSSR count). The van der Waals surface area contributed by atoms with Crippen LogP contribution in [0.1, 0.15) is 79.1 Å². The first-order valence-electron chi connectivity index (χ1n) is 10.5. The van der Waals surface area contributed by atoms with Gasteiger partial charge in [0.1, 0.15) is 5.78 Å². The Bertz CT molecular complexity index is 524. The van der Waals surface area contributed by atoms with Crippen LogP contribution >= 0.6 is 0 Å². The number of carbonyl (C=O) groups is 1. The molecule has 0 aromatic carbocycles. The predicted octanol–water partition coefficient (Wildman–Crippen LogP) is 4.84. The molecule has 0 amide bonds. The van der Waals surface area contributed by atoms with Crippen molar-refractivity contribution >= 4 is 5.78 Å². The van der Waals surface area contributed by atoms with E-state index in [1.54, 1.807) is 0 Å². The number of ketones is 1. The van der Waals surface area contributed by atoms with Gasteiger partial charge in [-0.25, -0.2) is 0 Å². The summed E-state index contributed by atoms with van der Waals surface area (Å²) < 4.78 is 0. The Morgan fingerprint density at radius 2 is 1.62 bits per heavy atom. The molecule has 0 saturated heterocycles. The van der Waals surface area contributed by atoms with Crippen molar-refractivity contribution < 1.29 is 9.90 Å². The highest BCUT2D eigenvalue weighted by atomic mass is 16.3. The Labute approximate surface area is 147 Å². The molecule has 0 radical (unpaired) electrons. The molecule has 0 aromatic heterocycles. The Kier molecular flexibility index (Phi) is 3.95. The van der Waals surface area contributed by atoms with Crippen LogP contribution in [0, 0.1) is 46.8 Å². The Hall–Kier alpha value is -0.370. The van der Waals surface area contributed by atoms with Crippen LogP contribution in [0.4, 0.5) is 0 Å². The van der Waals surface area contributed by atoms with Gasteiger partial charge < -0.3 is 5.11 Å². The van der Waals surface area contributed by atoms with E-state index < -0.39 is 5.60 Å².